The van der Waals surface area contributed by atoms with Crippen molar-refractivity contribution in [1.29, 1.82) is 0 Å². The van der Waals surface area contributed by atoms with Gasteiger partial charge in [0.2, 0.25) is 0 Å². The molecule has 17 heavy (non-hydrogen) atoms. The predicted molar refractivity (Wildman–Crippen MR) is 70.9 cm³/mol. The molecule has 4 nitrogen and oxygen atoms in total. The molecule has 1 atom stereocenters. The molecule has 5 heteroatoms. The van der Waals surface area contributed by atoms with Crippen LogP contribution in [0.5, 0.6) is 0 Å². The first-order chi connectivity index (χ1) is 8.11. The fourth-order valence-electron chi connectivity index (χ4n) is 2.41. The fraction of sp³-hybridized carbons (Fsp3) is 0.750. The van der Waals surface area contributed by atoms with Gasteiger partial charge in [-0.2, -0.15) is 5.10 Å². The number of aliphatic hydroxyl groups is 1. The zero-order valence-electron chi connectivity index (χ0n) is 10.5. The third kappa shape index (κ3) is 2.89. The van der Waals surface area contributed by atoms with Crippen molar-refractivity contribution in [3.63, 3.8) is 0 Å². The van der Waals surface area contributed by atoms with Gasteiger partial charge in [-0.15, -0.1) is 0 Å². The van der Waals surface area contributed by atoms with Gasteiger partial charge >= 0.3 is 0 Å². The Hall–Kier alpha value is -0.390. The van der Waals surface area contributed by atoms with Crippen molar-refractivity contribution in [1.82, 2.24) is 14.7 Å². The Balaban J connectivity index is 2.12. The van der Waals surface area contributed by atoms with Gasteiger partial charge in [-0.1, -0.05) is 0 Å². The quantitative estimate of drug-likeness (QED) is 0.927. The maximum atomic E-state index is 9.68. The Morgan fingerprint density at radius 2 is 2.29 bits per heavy atom. The lowest BCUT2D eigenvalue weighted by atomic mass is 10.1. The van der Waals surface area contributed by atoms with E-state index in [0.717, 1.165) is 49.2 Å². The van der Waals surface area contributed by atoms with Crippen LogP contribution in [0.1, 0.15) is 31.2 Å². The Morgan fingerprint density at radius 3 is 2.94 bits per heavy atom. The highest BCUT2D eigenvalue weighted by Gasteiger charge is 2.21. The monoisotopic (exact) mass is 301 g/mol. The van der Waals surface area contributed by atoms with Crippen LogP contribution in [0.15, 0.2) is 4.47 Å². The highest BCUT2D eigenvalue weighted by atomic mass is 79.9. The highest BCUT2D eigenvalue weighted by Crippen LogP contribution is 2.23. The van der Waals surface area contributed by atoms with E-state index in [4.69, 9.17) is 0 Å². The molecule has 2 heterocycles. The number of halogens is 1. The third-order valence-corrected chi connectivity index (χ3v) is 4.34. The second-order valence-corrected chi connectivity index (χ2v) is 5.49. The molecule has 0 bridgehead atoms. The summed E-state index contributed by atoms with van der Waals surface area (Å²) in [4.78, 5) is 2.31. The van der Waals surface area contributed by atoms with Gasteiger partial charge in [0, 0.05) is 19.6 Å². The van der Waals surface area contributed by atoms with Gasteiger partial charge in [-0.05, 0) is 49.2 Å². The predicted octanol–water partition coefficient (Wildman–Crippen LogP) is 1.93. The number of hydrogen-bond donors (Lipinski definition) is 1. The number of β-amino-alcohol motifs (C(OH)–C–C–N with tert-alkyl or cyclic N) is 1. The number of aliphatic hydroxyl groups excluding tert-OH is 1. The van der Waals surface area contributed by atoms with Crippen molar-refractivity contribution in [2.45, 2.75) is 45.9 Å². The average molecular weight is 302 g/mol. The minimum atomic E-state index is -0.165. The molecule has 1 aliphatic rings. The van der Waals surface area contributed by atoms with E-state index in [2.05, 4.69) is 32.9 Å². The number of nitrogens with zero attached hydrogens (tertiary/aromatic N) is 3. The van der Waals surface area contributed by atoms with E-state index < -0.39 is 0 Å². The van der Waals surface area contributed by atoms with E-state index in [9.17, 15) is 5.11 Å². The van der Waals surface area contributed by atoms with Gasteiger partial charge in [0.1, 0.15) is 0 Å². The lowest BCUT2D eigenvalue weighted by molar-refractivity contribution is 0.0653. The molecule has 96 valence electrons. The molecular formula is C12H20BrN3O. The number of aryl methyl sites for hydroxylation is 2. The first-order valence-corrected chi connectivity index (χ1v) is 7.03. The van der Waals surface area contributed by atoms with E-state index in [0.29, 0.717) is 0 Å². The smallest absolute Gasteiger partial charge is 0.0739 e. The SMILES string of the molecule is CCn1nc(C)c(Br)c1CN1CCC[C@H](O)C1. The molecule has 1 aromatic heterocycles. The maximum absolute atomic E-state index is 9.68. The number of aromatic nitrogens is 2. The van der Waals surface area contributed by atoms with Crippen LogP contribution in [0.3, 0.4) is 0 Å². The summed E-state index contributed by atoms with van der Waals surface area (Å²) in [5.74, 6) is 0. The summed E-state index contributed by atoms with van der Waals surface area (Å²) in [6.07, 6.45) is 1.85. The summed E-state index contributed by atoms with van der Waals surface area (Å²) >= 11 is 3.61. The van der Waals surface area contributed by atoms with E-state index in [-0.39, 0.29) is 6.10 Å². The Bertz CT molecular complexity index is 391. The first-order valence-electron chi connectivity index (χ1n) is 6.24. The van der Waals surface area contributed by atoms with Crippen molar-refractivity contribution in [3.8, 4) is 0 Å². The van der Waals surface area contributed by atoms with Crippen LogP contribution in [0, 0.1) is 6.92 Å². The van der Waals surface area contributed by atoms with Crippen molar-refractivity contribution in [2.75, 3.05) is 13.1 Å². The van der Waals surface area contributed by atoms with E-state index >= 15 is 0 Å². The Kier molecular flexibility index (Phi) is 4.22. The van der Waals surface area contributed by atoms with E-state index in [1.807, 2.05) is 11.6 Å². The largest absolute Gasteiger partial charge is 0.392 e. The molecule has 1 fully saturated rings. The second-order valence-electron chi connectivity index (χ2n) is 4.69. The van der Waals surface area contributed by atoms with Crippen LogP contribution in [0.4, 0.5) is 0 Å². The van der Waals surface area contributed by atoms with Crippen LogP contribution < -0.4 is 0 Å². The lowest BCUT2D eigenvalue weighted by Crippen LogP contribution is -2.38. The van der Waals surface area contributed by atoms with Crippen LogP contribution in [0.2, 0.25) is 0 Å². The molecule has 1 aliphatic heterocycles. The van der Waals surface area contributed by atoms with Gasteiger partial charge in [0.15, 0.2) is 0 Å². The molecule has 0 amide bonds. The Morgan fingerprint density at radius 1 is 1.53 bits per heavy atom. The van der Waals surface area contributed by atoms with Gasteiger partial charge in [-0.25, -0.2) is 0 Å². The summed E-state index contributed by atoms with van der Waals surface area (Å²) in [5, 5.41) is 14.2. The average Bonchev–Trinajstić information content (AvgIpc) is 2.57. The first kappa shape index (κ1) is 13.1. The number of rotatable bonds is 3. The second kappa shape index (κ2) is 5.50. The molecule has 1 aromatic rings. The molecule has 2 rings (SSSR count). The number of likely N-dealkylation sites (tertiary alicyclic amines) is 1. The fourth-order valence-corrected chi connectivity index (χ4v) is 2.82. The molecule has 0 aliphatic carbocycles. The van der Waals surface area contributed by atoms with E-state index in [1.54, 1.807) is 0 Å². The van der Waals surface area contributed by atoms with Gasteiger partial charge in [0.05, 0.1) is 22.0 Å². The van der Waals surface area contributed by atoms with Gasteiger partial charge in [-0.3, -0.25) is 9.58 Å². The van der Waals surface area contributed by atoms with Gasteiger partial charge < -0.3 is 5.11 Å². The summed E-state index contributed by atoms with van der Waals surface area (Å²) in [6, 6.07) is 0. The van der Waals surface area contributed by atoms with Crippen molar-refractivity contribution in [2.24, 2.45) is 0 Å². The molecule has 1 saturated heterocycles. The summed E-state index contributed by atoms with van der Waals surface area (Å²) in [5.41, 5.74) is 2.26. The van der Waals surface area contributed by atoms with E-state index in [1.165, 1.54) is 5.69 Å². The minimum Gasteiger partial charge on any atom is -0.392 e. The van der Waals surface area contributed by atoms with Gasteiger partial charge in [0.25, 0.3) is 0 Å². The lowest BCUT2D eigenvalue weighted by Gasteiger charge is -2.30. The zero-order chi connectivity index (χ0) is 12.4. The molecule has 0 aromatic carbocycles. The highest BCUT2D eigenvalue weighted by molar-refractivity contribution is 9.10. The standard InChI is InChI=1S/C12H20BrN3O/c1-3-16-11(12(13)9(2)14-16)8-15-6-4-5-10(17)7-15/h10,17H,3-8H2,1-2H3/t10-/m0/s1. The van der Waals surface area contributed by atoms with Crippen LogP contribution in [-0.4, -0.2) is 39.0 Å². The summed E-state index contributed by atoms with van der Waals surface area (Å²) in [6.45, 7) is 7.72. The molecule has 0 unspecified atom stereocenters. The van der Waals surface area contributed by atoms with Crippen LogP contribution >= 0.6 is 15.9 Å². The van der Waals surface area contributed by atoms with Crippen molar-refractivity contribution < 1.29 is 5.11 Å². The topological polar surface area (TPSA) is 41.3 Å². The molecule has 0 saturated carbocycles. The van der Waals surface area contributed by atoms with Crippen LogP contribution in [-0.2, 0) is 13.1 Å². The molecule has 0 spiro atoms. The van der Waals surface area contributed by atoms with Crippen molar-refractivity contribution >= 4 is 15.9 Å². The summed E-state index contributed by atoms with van der Waals surface area (Å²) in [7, 11) is 0. The molecule has 1 N–H and O–H groups in total. The third-order valence-electron chi connectivity index (χ3n) is 3.31. The van der Waals surface area contributed by atoms with Crippen LogP contribution in [0.25, 0.3) is 0 Å². The number of piperidine rings is 1. The Labute approximate surface area is 111 Å². The summed E-state index contributed by atoms with van der Waals surface area (Å²) < 4.78 is 3.15. The normalized spacial score (nSPS) is 22.0. The molecule has 0 radical (unpaired) electrons. The zero-order valence-corrected chi connectivity index (χ0v) is 12.1. The minimum absolute atomic E-state index is 0.165. The van der Waals surface area contributed by atoms with Crippen molar-refractivity contribution in [3.05, 3.63) is 15.9 Å². The maximum Gasteiger partial charge on any atom is 0.0739 e. The number of hydrogen-bond acceptors (Lipinski definition) is 3. The molecular weight excluding hydrogens is 282 g/mol.